The van der Waals surface area contributed by atoms with Gasteiger partial charge in [0.15, 0.2) is 5.82 Å². The summed E-state index contributed by atoms with van der Waals surface area (Å²) in [5.74, 6) is 2.04. The van der Waals surface area contributed by atoms with Crippen molar-refractivity contribution in [1.82, 2.24) is 30.1 Å². The molecule has 118 valence electrons. The fraction of sp³-hybridized carbons (Fsp3) is 0.600. The lowest BCUT2D eigenvalue weighted by Crippen LogP contribution is -2.46. The van der Waals surface area contributed by atoms with Crippen LogP contribution in [0.15, 0.2) is 24.4 Å². The van der Waals surface area contributed by atoms with E-state index in [1.807, 2.05) is 23.0 Å². The second kappa shape index (κ2) is 7.31. The van der Waals surface area contributed by atoms with Gasteiger partial charge >= 0.3 is 0 Å². The number of rotatable bonds is 6. The Morgan fingerprint density at radius 1 is 1.14 bits per heavy atom. The molecule has 0 unspecified atom stereocenters. The second-order valence-electron chi connectivity index (χ2n) is 5.62. The SMILES string of the molecule is CCCCn1nnnc1CN1CCN(c2ccccn2)CC1. The highest BCUT2D eigenvalue weighted by Crippen LogP contribution is 2.13. The number of piperazine rings is 1. The molecule has 0 aromatic carbocycles. The van der Waals surface area contributed by atoms with Crippen molar-refractivity contribution in [2.45, 2.75) is 32.9 Å². The fourth-order valence-electron chi connectivity index (χ4n) is 2.69. The third kappa shape index (κ3) is 3.59. The number of unbranched alkanes of at least 4 members (excludes halogenated alkanes) is 1. The summed E-state index contributed by atoms with van der Waals surface area (Å²) in [7, 11) is 0. The summed E-state index contributed by atoms with van der Waals surface area (Å²) >= 11 is 0. The zero-order valence-corrected chi connectivity index (χ0v) is 13.1. The maximum absolute atomic E-state index is 4.42. The van der Waals surface area contributed by atoms with Gasteiger partial charge in [-0.05, 0) is 29.0 Å². The molecule has 0 atom stereocenters. The van der Waals surface area contributed by atoms with Crippen molar-refractivity contribution in [3.63, 3.8) is 0 Å². The lowest BCUT2D eigenvalue weighted by atomic mass is 10.3. The van der Waals surface area contributed by atoms with E-state index in [9.17, 15) is 0 Å². The molecule has 7 nitrogen and oxygen atoms in total. The number of hydrogen-bond donors (Lipinski definition) is 0. The first-order valence-electron chi connectivity index (χ1n) is 8.00. The topological polar surface area (TPSA) is 63.0 Å². The second-order valence-corrected chi connectivity index (χ2v) is 5.62. The van der Waals surface area contributed by atoms with Crippen molar-refractivity contribution < 1.29 is 0 Å². The molecular formula is C15H23N7. The molecule has 7 heteroatoms. The van der Waals surface area contributed by atoms with Crippen LogP contribution in [0.4, 0.5) is 5.82 Å². The number of pyridine rings is 1. The van der Waals surface area contributed by atoms with Gasteiger partial charge in [-0.25, -0.2) is 9.67 Å². The van der Waals surface area contributed by atoms with E-state index in [0.29, 0.717) is 0 Å². The van der Waals surface area contributed by atoms with Gasteiger partial charge in [-0.1, -0.05) is 19.4 Å². The van der Waals surface area contributed by atoms with E-state index in [2.05, 4.69) is 43.3 Å². The quantitative estimate of drug-likeness (QED) is 0.798. The lowest BCUT2D eigenvalue weighted by Gasteiger charge is -2.35. The molecule has 3 heterocycles. The molecule has 1 saturated heterocycles. The Kier molecular flexibility index (Phi) is 4.95. The number of anilines is 1. The van der Waals surface area contributed by atoms with Crippen LogP contribution in [0.2, 0.25) is 0 Å². The number of aromatic nitrogens is 5. The van der Waals surface area contributed by atoms with Crippen molar-refractivity contribution in [3.8, 4) is 0 Å². The normalized spacial score (nSPS) is 16.1. The highest BCUT2D eigenvalue weighted by molar-refractivity contribution is 5.38. The summed E-state index contributed by atoms with van der Waals surface area (Å²) in [6, 6.07) is 6.06. The van der Waals surface area contributed by atoms with Gasteiger partial charge in [-0.3, -0.25) is 4.90 Å². The molecule has 0 spiro atoms. The van der Waals surface area contributed by atoms with Gasteiger partial charge in [-0.15, -0.1) is 5.10 Å². The average molecular weight is 301 g/mol. The molecule has 1 fully saturated rings. The molecule has 0 amide bonds. The highest BCUT2D eigenvalue weighted by Gasteiger charge is 2.19. The molecule has 0 saturated carbocycles. The number of hydrogen-bond acceptors (Lipinski definition) is 6. The minimum atomic E-state index is 0.826. The van der Waals surface area contributed by atoms with Crippen molar-refractivity contribution in [2.75, 3.05) is 31.1 Å². The maximum Gasteiger partial charge on any atom is 0.165 e. The van der Waals surface area contributed by atoms with E-state index in [1.165, 1.54) is 0 Å². The average Bonchev–Trinajstić information content (AvgIpc) is 3.01. The van der Waals surface area contributed by atoms with E-state index in [0.717, 1.165) is 63.8 Å². The van der Waals surface area contributed by atoms with Gasteiger partial charge in [0.1, 0.15) is 5.82 Å². The Morgan fingerprint density at radius 2 is 2.00 bits per heavy atom. The molecule has 22 heavy (non-hydrogen) atoms. The van der Waals surface area contributed by atoms with Gasteiger partial charge in [0.05, 0.1) is 6.54 Å². The Hall–Kier alpha value is -2.02. The van der Waals surface area contributed by atoms with Gasteiger partial charge in [-0.2, -0.15) is 0 Å². The predicted molar refractivity (Wildman–Crippen MR) is 84.5 cm³/mol. The summed E-state index contributed by atoms with van der Waals surface area (Å²) in [6.07, 6.45) is 4.12. The smallest absolute Gasteiger partial charge is 0.165 e. The molecule has 0 N–H and O–H groups in total. The Balaban J connectivity index is 1.53. The van der Waals surface area contributed by atoms with Gasteiger partial charge in [0, 0.05) is 38.9 Å². The van der Waals surface area contributed by atoms with E-state index in [-0.39, 0.29) is 0 Å². The first-order chi connectivity index (χ1) is 10.9. The van der Waals surface area contributed by atoms with Crippen molar-refractivity contribution >= 4 is 5.82 Å². The molecule has 1 aliphatic heterocycles. The fourth-order valence-corrected chi connectivity index (χ4v) is 2.69. The summed E-state index contributed by atoms with van der Waals surface area (Å²) < 4.78 is 1.94. The first-order valence-corrected chi connectivity index (χ1v) is 8.00. The van der Waals surface area contributed by atoms with E-state index < -0.39 is 0 Å². The molecule has 3 rings (SSSR count). The van der Waals surface area contributed by atoms with Crippen LogP contribution in [-0.4, -0.2) is 56.3 Å². The van der Waals surface area contributed by atoms with Crippen LogP contribution in [0.5, 0.6) is 0 Å². The van der Waals surface area contributed by atoms with Crippen LogP contribution in [0.1, 0.15) is 25.6 Å². The van der Waals surface area contributed by atoms with E-state index in [1.54, 1.807) is 0 Å². The monoisotopic (exact) mass is 301 g/mol. The van der Waals surface area contributed by atoms with Crippen LogP contribution in [-0.2, 0) is 13.1 Å². The Labute approximate surface area is 130 Å². The van der Waals surface area contributed by atoms with Crippen LogP contribution in [0.25, 0.3) is 0 Å². The first kappa shape index (κ1) is 14.9. The molecule has 2 aromatic rings. The number of aryl methyl sites for hydroxylation is 1. The van der Waals surface area contributed by atoms with Gasteiger partial charge < -0.3 is 4.90 Å². The third-order valence-corrected chi connectivity index (χ3v) is 4.04. The summed E-state index contributed by atoms with van der Waals surface area (Å²) in [5, 5.41) is 12.1. The minimum Gasteiger partial charge on any atom is -0.354 e. The number of tetrazole rings is 1. The van der Waals surface area contributed by atoms with E-state index in [4.69, 9.17) is 0 Å². The molecule has 1 aliphatic rings. The zero-order valence-electron chi connectivity index (χ0n) is 13.1. The van der Waals surface area contributed by atoms with Crippen molar-refractivity contribution in [3.05, 3.63) is 30.2 Å². The molecule has 0 aliphatic carbocycles. The number of nitrogens with zero attached hydrogens (tertiary/aromatic N) is 7. The molecule has 0 bridgehead atoms. The van der Waals surface area contributed by atoms with Crippen molar-refractivity contribution in [2.24, 2.45) is 0 Å². The van der Waals surface area contributed by atoms with Crippen LogP contribution in [0.3, 0.4) is 0 Å². The summed E-state index contributed by atoms with van der Waals surface area (Å²) in [5.41, 5.74) is 0. The van der Waals surface area contributed by atoms with Crippen LogP contribution < -0.4 is 4.90 Å². The van der Waals surface area contributed by atoms with E-state index >= 15 is 0 Å². The van der Waals surface area contributed by atoms with Crippen LogP contribution in [0, 0.1) is 0 Å². The molecule has 2 aromatic heterocycles. The van der Waals surface area contributed by atoms with Gasteiger partial charge in [0.2, 0.25) is 0 Å². The Morgan fingerprint density at radius 3 is 2.73 bits per heavy atom. The Bertz CT molecular complexity index is 560. The minimum absolute atomic E-state index is 0.826. The summed E-state index contributed by atoms with van der Waals surface area (Å²) in [6.45, 7) is 7.93. The highest BCUT2D eigenvalue weighted by atomic mass is 15.5. The maximum atomic E-state index is 4.42. The standard InChI is InChI=1S/C15H23N7/c1-2-3-8-22-15(17-18-19-22)13-20-9-11-21(12-10-20)14-6-4-5-7-16-14/h4-7H,2-3,8-13H2,1H3. The lowest BCUT2D eigenvalue weighted by molar-refractivity contribution is 0.238. The van der Waals surface area contributed by atoms with Gasteiger partial charge in [0.25, 0.3) is 0 Å². The summed E-state index contributed by atoms with van der Waals surface area (Å²) in [4.78, 5) is 9.16. The third-order valence-electron chi connectivity index (χ3n) is 4.04. The largest absolute Gasteiger partial charge is 0.354 e. The zero-order chi connectivity index (χ0) is 15.2. The van der Waals surface area contributed by atoms with Crippen molar-refractivity contribution in [1.29, 1.82) is 0 Å². The molecule has 0 radical (unpaired) electrons. The predicted octanol–water partition coefficient (Wildman–Crippen LogP) is 1.19. The van der Waals surface area contributed by atoms with Crippen LogP contribution >= 0.6 is 0 Å². The molecular weight excluding hydrogens is 278 g/mol.